The average Bonchev–Trinajstić information content (AvgIpc) is 2.94. The van der Waals surface area contributed by atoms with Crippen molar-refractivity contribution in [3.05, 3.63) is 53.2 Å². The van der Waals surface area contributed by atoms with Crippen molar-refractivity contribution in [3.8, 4) is 0 Å². The van der Waals surface area contributed by atoms with Crippen LogP contribution in [0.15, 0.2) is 34.7 Å². The average molecular weight is 288 g/mol. The maximum Gasteiger partial charge on any atom is 0.371 e. The third-order valence-electron chi connectivity index (χ3n) is 3.00. The number of aromatic nitrogens is 1. The molecule has 6 heteroatoms. The number of aryl methyl sites for hydroxylation is 1. The van der Waals surface area contributed by atoms with Gasteiger partial charge in [0.05, 0.1) is 12.2 Å². The van der Waals surface area contributed by atoms with E-state index in [1.807, 2.05) is 32.0 Å². The number of pyridine rings is 1. The van der Waals surface area contributed by atoms with Crippen molar-refractivity contribution in [1.29, 1.82) is 0 Å². The summed E-state index contributed by atoms with van der Waals surface area (Å²) in [5.41, 5.74) is 1.65. The van der Waals surface area contributed by atoms with Crippen LogP contribution in [0.25, 0.3) is 0 Å². The molecule has 0 fully saturated rings. The summed E-state index contributed by atoms with van der Waals surface area (Å²) in [5.74, 6) is -1.78. The third kappa shape index (κ3) is 3.47. The molecule has 0 bridgehead atoms. The first-order valence-electron chi connectivity index (χ1n) is 6.56. The Labute approximate surface area is 122 Å². The summed E-state index contributed by atoms with van der Waals surface area (Å²) in [6.45, 7) is 4.54. The van der Waals surface area contributed by atoms with Gasteiger partial charge in [0.2, 0.25) is 5.76 Å². The van der Waals surface area contributed by atoms with Gasteiger partial charge in [-0.2, -0.15) is 0 Å². The minimum Gasteiger partial charge on any atom is -0.475 e. The molecule has 2 aromatic rings. The molecule has 1 N–H and O–H groups in total. The monoisotopic (exact) mass is 288 g/mol. The number of rotatable bonds is 5. The van der Waals surface area contributed by atoms with Crippen LogP contribution in [0, 0.1) is 6.92 Å². The summed E-state index contributed by atoms with van der Waals surface area (Å²) in [5, 5.41) is 8.81. The maximum atomic E-state index is 12.3. The van der Waals surface area contributed by atoms with E-state index in [0.29, 0.717) is 13.1 Å². The summed E-state index contributed by atoms with van der Waals surface area (Å²) >= 11 is 0. The number of hydrogen-bond donors (Lipinski definition) is 1. The Bertz CT molecular complexity index is 663. The number of carboxylic acid groups (broad SMARTS) is 1. The molecule has 2 rings (SSSR count). The van der Waals surface area contributed by atoms with Crippen LogP contribution in [0.5, 0.6) is 0 Å². The predicted octanol–water partition coefficient (Wildman–Crippen LogP) is 2.34. The molecule has 0 atom stereocenters. The summed E-state index contributed by atoms with van der Waals surface area (Å²) in [7, 11) is 0. The van der Waals surface area contributed by atoms with Gasteiger partial charge in [0.1, 0.15) is 0 Å². The van der Waals surface area contributed by atoms with E-state index in [1.54, 1.807) is 4.90 Å². The van der Waals surface area contributed by atoms with Gasteiger partial charge >= 0.3 is 5.97 Å². The zero-order valence-electron chi connectivity index (χ0n) is 11.9. The van der Waals surface area contributed by atoms with Gasteiger partial charge in [0, 0.05) is 12.2 Å². The summed E-state index contributed by atoms with van der Waals surface area (Å²) < 4.78 is 5.04. The van der Waals surface area contributed by atoms with E-state index in [2.05, 4.69) is 4.98 Å². The second kappa shape index (κ2) is 6.21. The van der Waals surface area contributed by atoms with Crippen LogP contribution in [0.2, 0.25) is 0 Å². The van der Waals surface area contributed by atoms with E-state index in [9.17, 15) is 9.59 Å². The Morgan fingerprint density at radius 1 is 1.24 bits per heavy atom. The quantitative estimate of drug-likeness (QED) is 0.913. The Morgan fingerprint density at radius 3 is 2.52 bits per heavy atom. The van der Waals surface area contributed by atoms with Crippen molar-refractivity contribution < 1.29 is 19.1 Å². The molecule has 0 spiro atoms. The Morgan fingerprint density at radius 2 is 1.95 bits per heavy atom. The number of hydrogen-bond acceptors (Lipinski definition) is 4. The van der Waals surface area contributed by atoms with Gasteiger partial charge in [-0.1, -0.05) is 6.07 Å². The van der Waals surface area contributed by atoms with Crippen LogP contribution >= 0.6 is 0 Å². The molecule has 0 aliphatic carbocycles. The van der Waals surface area contributed by atoms with Crippen molar-refractivity contribution in [2.45, 2.75) is 20.4 Å². The molecule has 0 radical (unpaired) electrons. The first-order chi connectivity index (χ1) is 10.0. The van der Waals surface area contributed by atoms with Crippen LogP contribution in [-0.4, -0.2) is 33.4 Å². The molecule has 0 aromatic carbocycles. The van der Waals surface area contributed by atoms with Crippen LogP contribution in [0.1, 0.15) is 39.4 Å². The van der Waals surface area contributed by atoms with Crippen molar-refractivity contribution in [2.24, 2.45) is 0 Å². The van der Waals surface area contributed by atoms with Crippen molar-refractivity contribution in [3.63, 3.8) is 0 Å². The van der Waals surface area contributed by atoms with Crippen LogP contribution in [-0.2, 0) is 6.54 Å². The molecule has 0 unspecified atom stereocenters. The van der Waals surface area contributed by atoms with Crippen molar-refractivity contribution in [2.75, 3.05) is 6.54 Å². The Balaban J connectivity index is 2.16. The number of carbonyl (C=O) groups excluding carboxylic acids is 1. The largest absolute Gasteiger partial charge is 0.475 e. The van der Waals surface area contributed by atoms with Crippen LogP contribution in [0.3, 0.4) is 0 Å². The summed E-state index contributed by atoms with van der Waals surface area (Å²) in [6, 6.07) is 8.25. The lowest BCUT2D eigenvalue weighted by Crippen LogP contribution is -2.30. The van der Waals surface area contributed by atoms with Crippen molar-refractivity contribution in [1.82, 2.24) is 9.88 Å². The van der Waals surface area contributed by atoms with Crippen molar-refractivity contribution >= 4 is 11.9 Å². The van der Waals surface area contributed by atoms with Gasteiger partial charge in [0.25, 0.3) is 5.91 Å². The third-order valence-corrected chi connectivity index (χ3v) is 3.00. The number of furan rings is 1. The SMILES string of the molecule is CCN(Cc1cccc(C)n1)C(=O)c1ccc(C(=O)O)o1. The summed E-state index contributed by atoms with van der Waals surface area (Å²) in [6.07, 6.45) is 0. The molecule has 6 nitrogen and oxygen atoms in total. The number of aromatic carboxylic acids is 1. The fourth-order valence-corrected chi connectivity index (χ4v) is 1.93. The minimum atomic E-state index is -1.20. The molecule has 0 aliphatic heterocycles. The fourth-order valence-electron chi connectivity index (χ4n) is 1.93. The predicted molar refractivity (Wildman–Crippen MR) is 75.1 cm³/mol. The Hall–Kier alpha value is -2.63. The smallest absolute Gasteiger partial charge is 0.371 e. The van der Waals surface area contributed by atoms with Gasteiger partial charge in [0.15, 0.2) is 5.76 Å². The fraction of sp³-hybridized carbons (Fsp3) is 0.267. The number of nitrogens with zero attached hydrogens (tertiary/aromatic N) is 2. The molecule has 0 saturated heterocycles. The normalized spacial score (nSPS) is 10.4. The lowest BCUT2D eigenvalue weighted by Gasteiger charge is -2.19. The number of carbonyl (C=O) groups is 2. The van der Waals surface area contributed by atoms with Gasteiger partial charge in [-0.15, -0.1) is 0 Å². The second-order valence-corrected chi connectivity index (χ2v) is 4.56. The second-order valence-electron chi connectivity index (χ2n) is 4.56. The van der Waals surface area contributed by atoms with E-state index in [-0.39, 0.29) is 17.4 Å². The highest BCUT2D eigenvalue weighted by molar-refractivity contribution is 5.93. The van der Waals surface area contributed by atoms with E-state index in [4.69, 9.17) is 9.52 Å². The maximum absolute atomic E-state index is 12.3. The lowest BCUT2D eigenvalue weighted by molar-refractivity contribution is 0.0648. The Kier molecular flexibility index (Phi) is 4.37. The first-order valence-corrected chi connectivity index (χ1v) is 6.56. The molecular formula is C15H16N2O4. The van der Waals surface area contributed by atoms with Crippen LogP contribution < -0.4 is 0 Å². The highest BCUT2D eigenvalue weighted by Gasteiger charge is 2.20. The van der Waals surface area contributed by atoms with E-state index < -0.39 is 5.97 Å². The zero-order chi connectivity index (χ0) is 15.4. The highest BCUT2D eigenvalue weighted by Crippen LogP contribution is 2.13. The van der Waals surface area contributed by atoms with E-state index >= 15 is 0 Å². The first kappa shape index (κ1) is 14.8. The molecule has 0 saturated carbocycles. The lowest BCUT2D eigenvalue weighted by atomic mass is 10.2. The van der Waals surface area contributed by atoms with Gasteiger partial charge in [-0.25, -0.2) is 4.79 Å². The topological polar surface area (TPSA) is 83.6 Å². The molecular weight excluding hydrogens is 272 g/mol. The minimum absolute atomic E-state index is 0.0157. The van der Waals surface area contributed by atoms with Gasteiger partial charge in [-0.05, 0) is 38.1 Å². The molecule has 2 heterocycles. The molecule has 21 heavy (non-hydrogen) atoms. The van der Waals surface area contributed by atoms with Crippen LogP contribution in [0.4, 0.5) is 0 Å². The highest BCUT2D eigenvalue weighted by atomic mass is 16.4. The standard InChI is InChI=1S/C15H16N2O4/c1-3-17(9-11-6-4-5-10(2)16-11)14(18)12-7-8-13(21-12)15(19)20/h4-8H,3,9H2,1-2H3,(H,19,20). The van der Waals surface area contributed by atoms with Gasteiger partial charge in [-0.3, -0.25) is 9.78 Å². The zero-order valence-corrected chi connectivity index (χ0v) is 11.9. The van der Waals surface area contributed by atoms with E-state index in [0.717, 1.165) is 11.4 Å². The number of amides is 1. The van der Waals surface area contributed by atoms with Gasteiger partial charge < -0.3 is 14.4 Å². The molecule has 0 aliphatic rings. The number of carboxylic acids is 1. The summed E-state index contributed by atoms with van der Waals surface area (Å²) in [4.78, 5) is 29.0. The molecule has 1 amide bonds. The molecule has 110 valence electrons. The van der Waals surface area contributed by atoms with E-state index in [1.165, 1.54) is 12.1 Å². The molecule has 2 aromatic heterocycles.